The average molecular weight is 335 g/mol. The van der Waals surface area contributed by atoms with Crippen molar-refractivity contribution in [2.45, 2.75) is 13.8 Å². The minimum absolute atomic E-state index is 0.189. The van der Waals surface area contributed by atoms with Gasteiger partial charge >= 0.3 is 0 Å². The van der Waals surface area contributed by atoms with Gasteiger partial charge in [-0.05, 0) is 26.0 Å². The first-order chi connectivity index (χ1) is 11.4. The largest absolute Gasteiger partial charge is 0.360 e. The van der Waals surface area contributed by atoms with Crippen molar-refractivity contribution in [3.63, 3.8) is 0 Å². The standard InChI is InChI=1S/C15H12F3N5O/c1-7-5-11(20-10-4-3-9(16)13(17)14(10)18)21-15(19-7)22-12-6-8(2)24-23-12/h3-6H,1-2H3,(H2,19,20,21,22,23). The van der Waals surface area contributed by atoms with Crippen LogP contribution in [-0.4, -0.2) is 15.1 Å². The lowest BCUT2D eigenvalue weighted by molar-refractivity contribution is 0.400. The van der Waals surface area contributed by atoms with E-state index in [0.717, 1.165) is 12.1 Å². The van der Waals surface area contributed by atoms with Crippen LogP contribution in [0.4, 0.5) is 36.4 Å². The molecule has 0 atom stereocenters. The van der Waals surface area contributed by atoms with Gasteiger partial charge in [-0.2, -0.15) is 4.98 Å². The molecular weight excluding hydrogens is 323 g/mol. The number of rotatable bonds is 4. The molecule has 0 radical (unpaired) electrons. The zero-order valence-electron chi connectivity index (χ0n) is 12.7. The van der Waals surface area contributed by atoms with Crippen molar-refractivity contribution in [2.24, 2.45) is 0 Å². The highest BCUT2D eigenvalue weighted by Gasteiger charge is 2.14. The average Bonchev–Trinajstić information content (AvgIpc) is 2.92. The topological polar surface area (TPSA) is 75.9 Å². The number of nitrogens with zero attached hydrogens (tertiary/aromatic N) is 3. The van der Waals surface area contributed by atoms with Gasteiger partial charge in [-0.1, -0.05) is 5.16 Å². The van der Waals surface area contributed by atoms with Gasteiger partial charge in [0.1, 0.15) is 11.6 Å². The molecule has 6 nitrogen and oxygen atoms in total. The van der Waals surface area contributed by atoms with Crippen molar-refractivity contribution in [2.75, 3.05) is 10.6 Å². The third-order valence-electron chi connectivity index (χ3n) is 3.02. The maximum absolute atomic E-state index is 13.7. The van der Waals surface area contributed by atoms with Gasteiger partial charge in [0.2, 0.25) is 5.95 Å². The second-order valence-electron chi connectivity index (χ2n) is 5.01. The summed E-state index contributed by atoms with van der Waals surface area (Å²) in [7, 11) is 0. The first-order valence-electron chi connectivity index (χ1n) is 6.89. The molecule has 0 saturated carbocycles. The second kappa shape index (κ2) is 6.19. The Morgan fingerprint density at radius 2 is 1.71 bits per heavy atom. The van der Waals surface area contributed by atoms with E-state index < -0.39 is 17.5 Å². The highest BCUT2D eigenvalue weighted by molar-refractivity contribution is 5.59. The van der Waals surface area contributed by atoms with Gasteiger partial charge in [-0.25, -0.2) is 18.2 Å². The van der Waals surface area contributed by atoms with Crippen LogP contribution in [0.15, 0.2) is 28.8 Å². The molecule has 0 aliphatic rings. The predicted molar refractivity (Wildman–Crippen MR) is 80.9 cm³/mol. The molecule has 0 aliphatic heterocycles. The highest BCUT2D eigenvalue weighted by Crippen LogP contribution is 2.24. The van der Waals surface area contributed by atoms with Crippen molar-refractivity contribution in [1.29, 1.82) is 0 Å². The van der Waals surface area contributed by atoms with Crippen molar-refractivity contribution in [3.05, 3.63) is 53.2 Å². The molecule has 0 amide bonds. The molecular formula is C15H12F3N5O. The lowest BCUT2D eigenvalue weighted by Gasteiger charge is -2.10. The minimum atomic E-state index is -1.55. The molecule has 124 valence electrons. The van der Waals surface area contributed by atoms with Crippen molar-refractivity contribution in [1.82, 2.24) is 15.1 Å². The summed E-state index contributed by atoms with van der Waals surface area (Å²) in [5, 5.41) is 9.18. The van der Waals surface area contributed by atoms with Gasteiger partial charge < -0.3 is 15.2 Å². The van der Waals surface area contributed by atoms with E-state index in [2.05, 4.69) is 25.8 Å². The van der Waals surface area contributed by atoms with Crippen LogP contribution in [0.25, 0.3) is 0 Å². The molecule has 0 aliphatic carbocycles. The Kier molecular flexibility index (Phi) is 4.07. The summed E-state index contributed by atoms with van der Waals surface area (Å²) in [4.78, 5) is 8.29. The maximum Gasteiger partial charge on any atom is 0.230 e. The van der Waals surface area contributed by atoms with E-state index >= 15 is 0 Å². The van der Waals surface area contributed by atoms with Crippen LogP contribution >= 0.6 is 0 Å². The number of benzene rings is 1. The quantitative estimate of drug-likeness (QED) is 0.702. The number of hydrogen-bond donors (Lipinski definition) is 2. The number of anilines is 4. The van der Waals surface area contributed by atoms with Crippen LogP contribution in [0.2, 0.25) is 0 Å². The van der Waals surface area contributed by atoms with Crippen molar-refractivity contribution >= 4 is 23.3 Å². The van der Waals surface area contributed by atoms with Crippen LogP contribution < -0.4 is 10.6 Å². The number of aryl methyl sites for hydroxylation is 2. The van der Waals surface area contributed by atoms with Crippen LogP contribution in [-0.2, 0) is 0 Å². The Morgan fingerprint density at radius 3 is 2.42 bits per heavy atom. The van der Waals surface area contributed by atoms with E-state index in [1.165, 1.54) is 6.07 Å². The SMILES string of the molecule is Cc1cc(Nc2ccc(F)c(F)c2F)nc(Nc2cc(C)on2)n1. The highest BCUT2D eigenvalue weighted by atomic mass is 19.2. The lowest BCUT2D eigenvalue weighted by Crippen LogP contribution is -2.04. The zero-order chi connectivity index (χ0) is 17.3. The van der Waals surface area contributed by atoms with E-state index in [1.54, 1.807) is 19.9 Å². The van der Waals surface area contributed by atoms with Gasteiger partial charge in [-0.3, -0.25) is 0 Å². The van der Waals surface area contributed by atoms with E-state index in [0.29, 0.717) is 17.3 Å². The Bertz CT molecular complexity index is 897. The monoisotopic (exact) mass is 335 g/mol. The molecule has 9 heteroatoms. The normalized spacial score (nSPS) is 10.7. The first-order valence-corrected chi connectivity index (χ1v) is 6.89. The Balaban J connectivity index is 1.87. The number of nitrogens with one attached hydrogen (secondary N) is 2. The third kappa shape index (κ3) is 3.29. The molecule has 0 saturated heterocycles. The van der Waals surface area contributed by atoms with Gasteiger partial charge in [0, 0.05) is 17.8 Å². The molecule has 0 spiro atoms. The predicted octanol–water partition coefficient (Wildman–Crippen LogP) is 3.99. The van der Waals surface area contributed by atoms with E-state index in [1.807, 2.05) is 0 Å². The molecule has 0 bridgehead atoms. The third-order valence-corrected chi connectivity index (χ3v) is 3.02. The minimum Gasteiger partial charge on any atom is -0.360 e. The smallest absolute Gasteiger partial charge is 0.230 e. The van der Waals surface area contributed by atoms with E-state index in [9.17, 15) is 13.2 Å². The van der Waals surface area contributed by atoms with Crippen molar-refractivity contribution < 1.29 is 17.7 Å². The zero-order valence-corrected chi connectivity index (χ0v) is 12.7. The van der Waals surface area contributed by atoms with E-state index in [4.69, 9.17) is 4.52 Å². The summed E-state index contributed by atoms with van der Waals surface area (Å²) in [6.45, 7) is 3.43. The molecule has 24 heavy (non-hydrogen) atoms. The Labute approximate surface area is 134 Å². The fraction of sp³-hybridized carbons (Fsp3) is 0.133. The molecule has 3 aromatic rings. The Hall–Kier alpha value is -3.10. The number of hydrogen-bond acceptors (Lipinski definition) is 6. The molecule has 2 heterocycles. The van der Waals surface area contributed by atoms with Gasteiger partial charge in [0.25, 0.3) is 0 Å². The molecule has 0 unspecified atom stereocenters. The molecule has 1 aromatic carbocycles. The van der Waals surface area contributed by atoms with Crippen LogP contribution in [0.5, 0.6) is 0 Å². The summed E-state index contributed by atoms with van der Waals surface area (Å²) in [5.41, 5.74) is 0.327. The van der Waals surface area contributed by atoms with Crippen molar-refractivity contribution in [3.8, 4) is 0 Å². The first kappa shape index (κ1) is 15.8. The summed E-state index contributed by atoms with van der Waals surface area (Å²) in [6.07, 6.45) is 0. The summed E-state index contributed by atoms with van der Waals surface area (Å²) >= 11 is 0. The second-order valence-corrected chi connectivity index (χ2v) is 5.01. The Morgan fingerprint density at radius 1 is 0.917 bits per heavy atom. The molecule has 2 N–H and O–H groups in total. The number of halogens is 3. The van der Waals surface area contributed by atoms with Crippen LogP contribution in [0.3, 0.4) is 0 Å². The summed E-state index contributed by atoms with van der Waals surface area (Å²) in [6, 6.07) is 5.08. The fourth-order valence-corrected chi connectivity index (χ4v) is 1.99. The van der Waals surface area contributed by atoms with Gasteiger partial charge in [-0.15, -0.1) is 0 Å². The van der Waals surface area contributed by atoms with Crippen LogP contribution in [0.1, 0.15) is 11.5 Å². The molecule has 0 fully saturated rings. The fourth-order valence-electron chi connectivity index (χ4n) is 1.99. The van der Waals surface area contributed by atoms with Gasteiger partial charge in [0.05, 0.1) is 5.69 Å². The summed E-state index contributed by atoms with van der Waals surface area (Å²) < 4.78 is 44.9. The molecule has 2 aromatic heterocycles. The van der Waals surface area contributed by atoms with Crippen LogP contribution in [0, 0.1) is 31.3 Å². The summed E-state index contributed by atoms with van der Waals surface area (Å²) in [5.74, 6) is -2.74. The number of aromatic nitrogens is 3. The lowest BCUT2D eigenvalue weighted by atomic mass is 10.2. The van der Waals surface area contributed by atoms with Gasteiger partial charge in [0.15, 0.2) is 23.3 Å². The molecule has 3 rings (SSSR count). The van der Waals surface area contributed by atoms with E-state index in [-0.39, 0.29) is 17.5 Å². The maximum atomic E-state index is 13.7.